The van der Waals surface area contributed by atoms with Crippen LogP contribution in [-0.4, -0.2) is 32.3 Å². The molecular formula is C36H50Si4. The number of hydrogen-bond acceptors (Lipinski definition) is 0. The summed E-state index contributed by atoms with van der Waals surface area (Å²) in [6, 6.07) is 46.2. The minimum atomic E-state index is -1.78. The average Bonchev–Trinajstić information content (AvgIpc) is 2.96. The van der Waals surface area contributed by atoms with Crippen LogP contribution in [0.1, 0.15) is 12.8 Å². The predicted molar refractivity (Wildman–Crippen MR) is 191 cm³/mol. The van der Waals surface area contributed by atoms with Crippen LogP contribution < -0.4 is 20.7 Å². The van der Waals surface area contributed by atoms with E-state index in [1.165, 1.54) is 12.8 Å². The molecule has 0 fully saturated rings. The molecule has 0 amide bonds. The zero-order valence-electron chi connectivity index (χ0n) is 26.1. The molecule has 4 aromatic rings. The van der Waals surface area contributed by atoms with Gasteiger partial charge in [0.2, 0.25) is 0 Å². The standard InChI is InChI=1S/C36H50Si4/c1-37(2,31-21-13-9-14-22-31)35(38(3,4)32-23-15-10-16-24-32)29-30-36(39(5,6)33-25-17-11-18-26-33)40(7,8)34-27-19-12-20-28-34/h9-28,35-36H,29-30H2,1-8H3. The molecule has 0 radical (unpaired) electrons. The molecule has 0 aromatic heterocycles. The first kappa shape index (κ1) is 30.7. The third kappa shape index (κ3) is 6.30. The largest absolute Gasteiger partial charge is 0.0814 e. The van der Waals surface area contributed by atoms with Gasteiger partial charge in [-0.05, 0) is 10.3 Å². The molecule has 210 valence electrons. The summed E-state index contributed by atoms with van der Waals surface area (Å²) >= 11 is 0. The van der Waals surface area contributed by atoms with Gasteiger partial charge in [0.15, 0.2) is 0 Å². The quantitative estimate of drug-likeness (QED) is 0.154. The molecule has 0 aliphatic heterocycles. The molecule has 0 saturated carbocycles. The molecule has 4 heteroatoms. The van der Waals surface area contributed by atoms with Crippen molar-refractivity contribution in [1.82, 2.24) is 0 Å². The van der Waals surface area contributed by atoms with E-state index in [1.54, 1.807) is 20.7 Å². The molecular weight excluding hydrogens is 545 g/mol. The Hall–Kier alpha value is -2.25. The van der Waals surface area contributed by atoms with E-state index in [0.29, 0.717) is 0 Å². The van der Waals surface area contributed by atoms with E-state index < -0.39 is 32.3 Å². The van der Waals surface area contributed by atoms with Crippen molar-refractivity contribution in [3.8, 4) is 0 Å². The van der Waals surface area contributed by atoms with Gasteiger partial charge in [-0.15, -0.1) is 0 Å². The SMILES string of the molecule is C[Si](C)(c1ccccc1)C(CCC([Si](C)(C)c1ccccc1)[Si](C)(C)c1ccccc1)[Si](C)(C)c1ccccc1. The maximum absolute atomic E-state index is 2.67. The van der Waals surface area contributed by atoms with Gasteiger partial charge in [0.05, 0.1) is 32.3 Å². The van der Waals surface area contributed by atoms with E-state index >= 15 is 0 Å². The van der Waals surface area contributed by atoms with E-state index in [0.717, 1.165) is 10.3 Å². The third-order valence-electron chi connectivity index (χ3n) is 10.3. The second-order valence-corrected chi connectivity index (χ2v) is 34.1. The van der Waals surface area contributed by atoms with Crippen molar-refractivity contribution in [2.24, 2.45) is 0 Å². The van der Waals surface area contributed by atoms with Crippen LogP contribution >= 0.6 is 0 Å². The molecule has 0 spiro atoms. The summed E-state index contributed by atoms with van der Waals surface area (Å²) in [6.45, 7) is 21.3. The topological polar surface area (TPSA) is 0 Å². The molecule has 4 aromatic carbocycles. The van der Waals surface area contributed by atoms with Crippen molar-refractivity contribution in [3.63, 3.8) is 0 Å². The summed E-state index contributed by atoms with van der Waals surface area (Å²) in [5, 5.41) is 7.99. The highest BCUT2D eigenvalue weighted by molar-refractivity contribution is 7.09. The van der Waals surface area contributed by atoms with E-state index in [9.17, 15) is 0 Å². The number of rotatable bonds is 11. The first-order valence-corrected chi connectivity index (χ1v) is 27.4. The number of benzene rings is 4. The van der Waals surface area contributed by atoms with E-state index in [1.807, 2.05) is 0 Å². The smallest absolute Gasteiger partial charge is 0.0654 e. The lowest BCUT2D eigenvalue weighted by molar-refractivity contribution is 0.771. The summed E-state index contributed by atoms with van der Waals surface area (Å²) in [4.78, 5) is 0. The van der Waals surface area contributed by atoms with Crippen molar-refractivity contribution in [3.05, 3.63) is 121 Å². The Balaban J connectivity index is 1.81. The van der Waals surface area contributed by atoms with Gasteiger partial charge in [0.1, 0.15) is 0 Å². The number of hydrogen-bond donors (Lipinski definition) is 0. The minimum absolute atomic E-state index is 0.758. The lowest BCUT2D eigenvalue weighted by atomic mass is 10.3. The molecule has 0 bridgehead atoms. The molecule has 40 heavy (non-hydrogen) atoms. The third-order valence-corrected chi connectivity index (χ3v) is 34.4. The van der Waals surface area contributed by atoms with Gasteiger partial charge in [0.25, 0.3) is 0 Å². The Labute approximate surface area is 249 Å². The lowest BCUT2D eigenvalue weighted by Gasteiger charge is -2.47. The van der Waals surface area contributed by atoms with Crippen LogP contribution in [0.25, 0.3) is 0 Å². The fraction of sp³-hybridized carbons (Fsp3) is 0.333. The lowest BCUT2D eigenvalue weighted by Crippen LogP contribution is -2.62. The van der Waals surface area contributed by atoms with Crippen molar-refractivity contribution in [2.75, 3.05) is 0 Å². The van der Waals surface area contributed by atoms with Crippen LogP contribution in [0.3, 0.4) is 0 Å². The molecule has 0 N–H and O–H groups in total. The second kappa shape index (κ2) is 12.3. The van der Waals surface area contributed by atoms with Gasteiger partial charge in [0, 0.05) is 0 Å². The van der Waals surface area contributed by atoms with Gasteiger partial charge in [-0.3, -0.25) is 0 Å². The first-order chi connectivity index (χ1) is 18.9. The maximum atomic E-state index is 2.67. The monoisotopic (exact) mass is 594 g/mol. The predicted octanol–water partition coefficient (Wildman–Crippen LogP) is 8.05. The van der Waals surface area contributed by atoms with Crippen LogP contribution in [0.4, 0.5) is 0 Å². The zero-order chi connectivity index (χ0) is 29.0. The van der Waals surface area contributed by atoms with Gasteiger partial charge >= 0.3 is 0 Å². The van der Waals surface area contributed by atoms with Crippen LogP contribution in [0.5, 0.6) is 0 Å². The van der Waals surface area contributed by atoms with E-state index in [4.69, 9.17) is 0 Å². The first-order valence-electron chi connectivity index (χ1n) is 15.1. The van der Waals surface area contributed by atoms with Crippen LogP contribution in [-0.2, 0) is 0 Å². The van der Waals surface area contributed by atoms with Crippen molar-refractivity contribution in [1.29, 1.82) is 0 Å². The zero-order valence-corrected chi connectivity index (χ0v) is 30.1. The molecule has 0 aliphatic carbocycles. The Morgan fingerprint density at radius 1 is 0.325 bits per heavy atom. The van der Waals surface area contributed by atoms with Crippen molar-refractivity contribution >= 4 is 53.0 Å². The summed E-state index contributed by atoms with van der Waals surface area (Å²) in [5.74, 6) is 0. The molecule has 0 saturated heterocycles. The minimum Gasteiger partial charge on any atom is -0.0654 e. The van der Waals surface area contributed by atoms with Crippen LogP contribution in [0.2, 0.25) is 62.7 Å². The highest BCUT2D eigenvalue weighted by Crippen LogP contribution is 2.43. The molecule has 0 atom stereocenters. The summed E-state index contributed by atoms with van der Waals surface area (Å²) in [5.41, 5.74) is 0. The van der Waals surface area contributed by atoms with Gasteiger partial charge in [-0.1, -0.05) is 207 Å². The van der Waals surface area contributed by atoms with Crippen LogP contribution in [0.15, 0.2) is 121 Å². The summed E-state index contributed by atoms with van der Waals surface area (Å²) in [6.07, 6.45) is 2.67. The fourth-order valence-corrected chi connectivity index (χ4v) is 33.7. The van der Waals surface area contributed by atoms with Gasteiger partial charge < -0.3 is 0 Å². The molecule has 0 unspecified atom stereocenters. The Bertz CT molecular complexity index is 1120. The summed E-state index contributed by atoms with van der Waals surface area (Å²) < 4.78 is 0. The highest BCUT2D eigenvalue weighted by atomic mass is 28.4. The van der Waals surface area contributed by atoms with Crippen LogP contribution in [0, 0.1) is 0 Å². The normalized spacial score (nSPS) is 13.2. The molecule has 0 nitrogen and oxygen atoms in total. The average molecular weight is 595 g/mol. The van der Waals surface area contributed by atoms with Crippen molar-refractivity contribution in [2.45, 2.75) is 75.5 Å². The van der Waals surface area contributed by atoms with E-state index in [2.05, 4.69) is 174 Å². The fourth-order valence-electron chi connectivity index (χ4n) is 7.86. The highest BCUT2D eigenvalue weighted by Gasteiger charge is 2.49. The second-order valence-electron chi connectivity index (χ2n) is 14.0. The van der Waals surface area contributed by atoms with E-state index in [-0.39, 0.29) is 0 Å². The summed E-state index contributed by atoms with van der Waals surface area (Å²) in [7, 11) is -7.11. The Morgan fingerprint density at radius 3 is 0.675 bits per heavy atom. The molecule has 0 heterocycles. The Morgan fingerprint density at radius 2 is 0.500 bits per heavy atom. The van der Waals surface area contributed by atoms with Crippen molar-refractivity contribution < 1.29 is 0 Å². The Kier molecular flexibility index (Phi) is 9.45. The maximum Gasteiger partial charge on any atom is 0.0814 e. The molecule has 0 aliphatic rings. The van der Waals surface area contributed by atoms with Gasteiger partial charge in [-0.25, -0.2) is 0 Å². The van der Waals surface area contributed by atoms with Gasteiger partial charge in [-0.2, -0.15) is 0 Å². The molecule has 4 rings (SSSR count).